The number of benzene rings is 1. The van der Waals surface area contributed by atoms with Gasteiger partial charge in [0.15, 0.2) is 0 Å². The van der Waals surface area contributed by atoms with E-state index in [0.29, 0.717) is 0 Å². The van der Waals surface area contributed by atoms with E-state index in [1.165, 1.54) is 16.0 Å². The fourth-order valence-corrected chi connectivity index (χ4v) is 3.24. The summed E-state index contributed by atoms with van der Waals surface area (Å²) < 4.78 is 0. The quantitative estimate of drug-likeness (QED) is 0.875. The van der Waals surface area contributed by atoms with E-state index < -0.39 is 0 Å². The van der Waals surface area contributed by atoms with Crippen molar-refractivity contribution >= 4 is 17.2 Å². The topological polar surface area (TPSA) is 24.4 Å². The summed E-state index contributed by atoms with van der Waals surface area (Å²) in [6.07, 6.45) is 4.11. The lowest BCUT2D eigenvalue weighted by Crippen LogP contribution is -2.23. The van der Waals surface area contributed by atoms with Gasteiger partial charge in [0.25, 0.3) is 0 Å². The van der Waals surface area contributed by atoms with Gasteiger partial charge in [-0.2, -0.15) is 0 Å². The second kappa shape index (κ2) is 5.02. The smallest absolute Gasteiger partial charge is 0.133 e. The van der Waals surface area contributed by atoms with Gasteiger partial charge in [0, 0.05) is 16.6 Å². The predicted molar refractivity (Wildman–Crippen MR) is 81.8 cm³/mol. The molecule has 0 radical (unpaired) electrons. The Balaban J connectivity index is 1.96. The molecule has 1 aliphatic heterocycles. The van der Waals surface area contributed by atoms with E-state index in [1.54, 1.807) is 11.3 Å². The van der Waals surface area contributed by atoms with E-state index >= 15 is 0 Å². The fourth-order valence-electron chi connectivity index (χ4n) is 2.15. The first kappa shape index (κ1) is 12.2. The number of aliphatic imine (C=N–C) groups is 1. The van der Waals surface area contributed by atoms with Crippen molar-refractivity contribution < 1.29 is 0 Å². The summed E-state index contributed by atoms with van der Waals surface area (Å²) in [7, 11) is 0. The molecule has 0 saturated heterocycles. The van der Waals surface area contributed by atoms with Gasteiger partial charge in [-0.1, -0.05) is 30.3 Å². The molecule has 0 amide bonds. The van der Waals surface area contributed by atoms with Gasteiger partial charge in [0.1, 0.15) is 11.9 Å². The van der Waals surface area contributed by atoms with Gasteiger partial charge in [-0.05, 0) is 36.4 Å². The average molecular weight is 268 g/mol. The normalized spacial score (nSPS) is 18.0. The zero-order valence-corrected chi connectivity index (χ0v) is 11.9. The lowest BCUT2D eigenvalue weighted by Gasteiger charge is -2.17. The van der Waals surface area contributed by atoms with Gasteiger partial charge >= 0.3 is 0 Å². The van der Waals surface area contributed by atoms with Gasteiger partial charge < -0.3 is 5.32 Å². The Morgan fingerprint density at radius 2 is 1.95 bits per heavy atom. The molecule has 1 atom stereocenters. The first-order chi connectivity index (χ1) is 9.25. The Kier molecular flexibility index (Phi) is 3.22. The third kappa shape index (κ3) is 2.34. The van der Waals surface area contributed by atoms with Gasteiger partial charge in [-0.15, -0.1) is 11.3 Å². The maximum atomic E-state index is 4.83. The molecule has 1 aromatic carbocycles. The minimum atomic E-state index is 0.134. The molecule has 1 unspecified atom stereocenters. The molecular weight excluding hydrogens is 252 g/mol. The summed E-state index contributed by atoms with van der Waals surface area (Å²) in [4.78, 5) is 6.16. The van der Waals surface area contributed by atoms with Gasteiger partial charge in [0.2, 0.25) is 0 Å². The minimum absolute atomic E-state index is 0.134. The molecule has 0 bridgehead atoms. The zero-order valence-electron chi connectivity index (χ0n) is 11.1. The first-order valence-electron chi connectivity index (χ1n) is 6.37. The molecular formula is C16H16N2S. The van der Waals surface area contributed by atoms with Crippen LogP contribution in [0, 0.1) is 13.8 Å². The highest BCUT2D eigenvalue weighted by Gasteiger charge is 2.17. The van der Waals surface area contributed by atoms with Crippen molar-refractivity contribution in [2.75, 3.05) is 0 Å². The summed E-state index contributed by atoms with van der Waals surface area (Å²) in [6, 6.07) is 10.4. The number of nitrogens with zero attached hydrogens (tertiary/aromatic N) is 1. The number of nitrogens with one attached hydrogen (secondary N) is 1. The van der Waals surface area contributed by atoms with E-state index in [2.05, 4.69) is 42.8 Å². The summed E-state index contributed by atoms with van der Waals surface area (Å²) in [5, 5.41) is 5.44. The van der Waals surface area contributed by atoms with Crippen LogP contribution >= 0.6 is 11.3 Å². The summed E-state index contributed by atoms with van der Waals surface area (Å²) in [5.74, 6) is 0.943. The van der Waals surface area contributed by atoms with Crippen LogP contribution in [0.3, 0.4) is 0 Å². The van der Waals surface area contributed by atoms with Crippen LogP contribution in [0.4, 0.5) is 0 Å². The van der Waals surface area contributed by atoms with Crippen LogP contribution in [0.1, 0.15) is 27.6 Å². The molecule has 0 spiro atoms. The number of hydrogen-bond acceptors (Lipinski definition) is 3. The second-order valence-corrected chi connectivity index (χ2v) is 5.61. The Labute approximate surface area is 117 Å². The highest BCUT2D eigenvalue weighted by atomic mass is 32.1. The second-order valence-electron chi connectivity index (χ2n) is 4.70. The van der Waals surface area contributed by atoms with Crippen LogP contribution in [0.2, 0.25) is 0 Å². The number of amidine groups is 1. The van der Waals surface area contributed by atoms with Crippen LogP contribution < -0.4 is 5.32 Å². The van der Waals surface area contributed by atoms with Crippen LogP contribution in [0.15, 0.2) is 53.0 Å². The standard InChI is InChI=1S/C16H16N2S/c1-11-10-19-15(12(11)2)14-8-9-17-16(18-14)13-6-4-3-5-7-13/h3-10,14H,1-2H3,(H,17,18). The van der Waals surface area contributed by atoms with Crippen molar-refractivity contribution in [1.82, 2.24) is 5.32 Å². The van der Waals surface area contributed by atoms with Crippen molar-refractivity contribution in [3.05, 3.63) is 69.6 Å². The minimum Gasteiger partial charge on any atom is -0.347 e. The SMILES string of the molecule is Cc1csc(C2C=CNC(c3ccccc3)=N2)c1C. The Hall–Kier alpha value is -1.87. The average Bonchev–Trinajstić information content (AvgIpc) is 2.80. The van der Waals surface area contributed by atoms with E-state index in [-0.39, 0.29) is 6.04 Å². The third-order valence-electron chi connectivity index (χ3n) is 3.41. The van der Waals surface area contributed by atoms with Crippen LogP contribution in [0.25, 0.3) is 0 Å². The molecule has 2 aromatic rings. The highest BCUT2D eigenvalue weighted by Crippen LogP contribution is 2.31. The monoisotopic (exact) mass is 268 g/mol. The Morgan fingerprint density at radius 3 is 2.63 bits per heavy atom. The van der Waals surface area contributed by atoms with Gasteiger partial charge in [-0.3, -0.25) is 4.99 Å². The van der Waals surface area contributed by atoms with Crippen molar-refractivity contribution in [3.8, 4) is 0 Å². The summed E-state index contributed by atoms with van der Waals surface area (Å²) in [5.41, 5.74) is 3.84. The number of thiophene rings is 1. The Bertz CT molecular complexity index is 638. The highest BCUT2D eigenvalue weighted by molar-refractivity contribution is 7.10. The van der Waals surface area contributed by atoms with Crippen LogP contribution in [0.5, 0.6) is 0 Å². The number of rotatable bonds is 2. The molecule has 1 aromatic heterocycles. The van der Waals surface area contributed by atoms with Crippen LogP contribution in [-0.2, 0) is 0 Å². The molecule has 0 fully saturated rings. The molecule has 19 heavy (non-hydrogen) atoms. The molecule has 3 rings (SSSR count). The molecule has 3 heteroatoms. The molecule has 2 heterocycles. The van der Waals surface area contributed by atoms with Crippen LogP contribution in [-0.4, -0.2) is 5.84 Å². The van der Waals surface area contributed by atoms with E-state index in [0.717, 1.165) is 11.4 Å². The van der Waals surface area contributed by atoms with Gasteiger partial charge in [-0.25, -0.2) is 0 Å². The Morgan fingerprint density at radius 1 is 1.16 bits per heavy atom. The van der Waals surface area contributed by atoms with Crippen molar-refractivity contribution in [3.63, 3.8) is 0 Å². The van der Waals surface area contributed by atoms with Gasteiger partial charge in [0.05, 0.1) is 0 Å². The molecule has 96 valence electrons. The summed E-state index contributed by atoms with van der Waals surface area (Å²) >= 11 is 1.79. The maximum Gasteiger partial charge on any atom is 0.133 e. The predicted octanol–water partition coefficient (Wildman–Crippen LogP) is 3.97. The first-order valence-corrected chi connectivity index (χ1v) is 7.24. The lowest BCUT2D eigenvalue weighted by atomic mass is 10.1. The summed E-state index contributed by atoms with van der Waals surface area (Å²) in [6.45, 7) is 4.33. The van der Waals surface area contributed by atoms with Crippen molar-refractivity contribution in [2.45, 2.75) is 19.9 Å². The van der Waals surface area contributed by atoms with Crippen molar-refractivity contribution in [2.24, 2.45) is 4.99 Å². The maximum absolute atomic E-state index is 4.83. The third-order valence-corrected chi connectivity index (χ3v) is 4.68. The molecule has 1 N–H and O–H groups in total. The molecule has 2 nitrogen and oxygen atoms in total. The molecule has 0 saturated carbocycles. The largest absolute Gasteiger partial charge is 0.347 e. The lowest BCUT2D eigenvalue weighted by molar-refractivity contribution is 0.883. The van der Waals surface area contributed by atoms with Crippen molar-refractivity contribution in [1.29, 1.82) is 0 Å². The van der Waals surface area contributed by atoms with E-state index in [9.17, 15) is 0 Å². The number of hydrogen-bond donors (Lipinski definition) is 1. The molecule has 1 aliphatic rings. The molecule has 0 aliphatic carbocycles. The number of aryl methyl sites for hydroxylation is 1. The van der Waals surface area contributed by atoms with E-state index in [4.69, 9.17) is 4.99 Å². The zero-order chi connectivity index (χ0) is 13.2. The fraction of sp³-hybridized carbons (Fsp3) is 0.188. The van der Waals surface area contributed by atoms with E-state index in [1.807, 2.05) is 24.4 Å².